The molecule has 3 aromatic rings. The third-order valence-electron chi connectivity index (χ3n) is 9.76. The van der Waals surface area contributed by atoms with Gasteiger partial charge in [-0.2, -0.15) is 0 Å². The molecule has 0 unspecified atom stereocenters. The molecular formula is C35H36ClFN6O10S2. The first-order chi connectivity index (χ1) is 25.7. The third-order valence-corrected chi connectivity index (χ3v) is 13.2. The van der Waals surface area contributed by atoms with Crippen molar-refractivity contribution in [2.24, 2.45) is 5.73 Å². The molecule has 0 aliphatic carbocycles. The van der Waals surface area contributed by atoms with Crippen LogP contribution in [0.4, 0.5) is 4.39 Å². The van der Waals surface area contributed by atoms with Crippen molar-refractivity contribution in [3.8, 4) is 17.0 Å². The van der Waals surface area contributed by atoms with Crippen molar-refractivity contribution in [2.75, 3.05) is 0 Å². The quantitative estimate of drug-likeness (QED) is 0.179. The first kappa shape index (κ1) is 39.8. The fraction of sp³-hybridized carbons (Fsp3) is 0.400. The first-order valence-corrected chi connectivity index (χ1v) is 18.8. The van der Waals surface area contributed by atoms with Crippen molar-refractivity contribution < 1.29 is 53.0 Å². The van der Waals surface area contributed by atoms with E-state index in [1.54, 1.807) is 27.7 Å². The second-order valence-electron chi connectivity index (χ2n) is 14.3. The maximum atomic E-state index is 14.4. The van der Waals surface area contributed by atoms with Gasteiger partial charge in [0.2, 0.25) is 17.7 Å². The average molecular weight is 819 g/mol. The van der Waals surface area contributed by atoms with Gasteiger partial charge in [-0.25, -0.2) is 14.0 Å². The Labute approximate surface area is 326 Å². The second kappa shape index (κ2) is 14.3. The van der Waals surface area contributed by atoms with Gasteiger partial charge in [-0.3, -0.25) is 19.2 Å². The predicted octanol–water partition coefficient (Wildman–Crippen LogP) is 2.71. The summed E-state index contributed by atoms with van der Waals surface area (Å²) in [5.74, 6) is -4.75. The number of carboxylic acid groups (broad SMARTS) is 2. The minimum absolute atomic E-state index is 0.0368. The highest BCUT2D eigenvalue weighted by Gasteiger charge is 2.65. The number of phenolic OH excluding ortho intramolecular Hbond substituents is 1. The van der Waals surface area contributed by atoms with E-state index in [0.29, 0.717) is 5.56 Å². The molecular weight excluding hydrogens is 783 g/mol. The van der Waals surface area contributed by atoms with Gasteiger partial charge in [-0.15, -0.1) is 23.5 Å². The Morgan fingerprint density at radius 1 is 0.909 bits per heavy atom. The molecule has 4 fully saturated rings. The van der Waals surface area contributed by atoms with Crippen LogP contribution in [0, 0.1) is 12.7 Å². The highest BCUT2D eigenvalue weighted by atomic mass is 35.5. The van der Waals surface area contributed by atoms with Gasteiger partial charge in [-0.1, -0.05) is 35.0 Å². The first-order valence-electron chi connectivity index (χ1n) is 16.7. The smallest absolute Gasteiger partial charge is 0.327 e. The molecule has 1 aromatic heterocycles. The Morgan fingerprint density at radius 2 is 1.42 bits per heavy atom. The molecule has 7 rings (SSSR count). The Bertz CT molecular complexity index is 2100. The molecule has 7 N–H and O–H groups in total. The molecule has 7 atom stereocenters. The molecule has 4 aliphatic rings. The summed E-state index contributed by atoms with van der Waals surface area (Å²) in [6, 6.07) is 5.37. The number of nitrogens with zero attached hydrogens (tertiary/aromatic N) is 3. The maximum absolute atomic E-state index is 14.4. The minimum Gasteiger partial charge on any atom is -0.508 e. The SMILES string of the molecule is CC1(C)S[C@@H]2[C@H](NC(=O)[C@H](N)c3ccc(O)cc3)C(=O)N2[C@H]1C(=O)O.Cc1onc(-c2c(F)cccc2Cl)c1C(=O)N[C@@H]1C(=O)N2[C@@H]1SC(C)(C)[C@@H]2C(=O)O. The number of aryl methyl sites for hydroxylation is 1. The van der Waals surface area contributed by atoms with E-state index < -0.39 is 91.8 Å². The van der Waals surface area contributed by atoms with Crippen LogP contribution in [-0.2, 0) is 24.0 Å². The summed E-state index contributed by atoms with van der Waals surface area (Å²) >= 11 is 8.75. The zero-order valence-corrected chi connectivity index (χ0v) is 32.2. The molecule has 55 heavy (non-hydrogen) atoms. The Kier molecular flexibility index (Phi) is 10.4. The van der Waals surface area contributed by atoms with E-state index in [0.717, 1.165) is 0 Å². The number of rotatable bonds is 8. The van der Waals surface area contributed by atoms with E-state index >= 15 is 0 Å². The fourth-order valence-electron chi connectivity index (χ4n) is 7.11. The summed E-state index contributed by atoms with van der Waals surface area (Å²) in [4.78, 5) is 76.0. The minimum atomic E-state index is -1.10. The Hall–Kier alpha value is -4.85. The molecule has 20 heteroatoms. The number of phenols is 1. The molecule has 4 aliphatic heterocycles. The van der Waals surface area contributed by atoms with Gasteiger partial charge in [0.1, 0.15) is 69.5 Å². The molecule has 4 saturated heterocycles. The van der Waals surface area contributed by atoms with Gasteiger partial charge >= 0.3 is 11.9 Å². The number of benzene rings is 2. The molecule has 0 bridgehead atoms. The topological polar surface area (TPSA) is 246 Å². The zero-order valence-electron chi connectivity index (χ0n) is 29.8. The Balaban J connectivity index is 0.000000190. The van der Waals surface area contributed by atoms with Crippen LogP contribution in [0.1, 0.15) is 55.4 Å². The number of β-lactam (4-membered cyclic amide) rings is 2. The van der Waals surface area contributed by atoms with Crippen LogP contribution in [0.25, 0.3) is 11.3 Å². The fourth-order valence-corrected chi connectivity index (χ4v) is 10.6. The van der Waals surface area contributed by atoms with E-state index in [2.05, 4.69) is 15.8 Å². The molecule has 0 saturated carbocycles. The lowest BCUT2D eigenvalue weighted by Crippen LogP contribution is -2.71. The van der Waals surface area contributed by atoms with Crippen LogP contribution < -0.4 is 16.4 Å². The van der Waals surface area contributed by atoms with Crippen molar-refractivity contribution in [1.82, 2.24) is 25.6 Å². The van der Waals surface area contributed by atoms with Crippen LogP contribution in [0.2, 0.25) is 5.02 Å². The number of hydrogen-bond donors (Lipinski definition) is 6. The van der Waals surface area contributed by atoms with E-state index in [4.69, 9.17) is 21.9 Å². The number of aromatic nitrogens is 1. The van der Waals surface area contributed by atoms with Gasteiger partial charge in [0.25, 0.3) is 5.91 Å². The number of amides is 4. The molecule has 2 aromatic carbocycles. The number of thioether (sulfide) groups is 2. The molecule has 292 valence electrons. The standard InChI is InChI=1S/C19H17ClFN3O5S.C16H19N3O5S/c1-7-10(12(23-29-7)11-8(20)5-4-6-9(11)21)15(25)22-13-16(26)24-14(18(27)28)19(2,3)30-17(13)24;1-16(2)11(15(23)24)19-13(22)10(14(19)25-16)18-12(21)9(17)7-3-5-8(20)6-4-7/h4-6,13-14,17H,1-3H3,(H,22,25)(H,27,28);3-6,9-11,14,20H,17H2,1-2H3,(H,18,21)(H,23,24)/t13-,14+,17-;9-,10-,11+,14-/m11/s1. The van der Waals surface area contributed by atoms with E-state index in [-0.39, 0.29) is 33.4 Å². The zero-order chi connectivity index (χ0) is 40.5. The van der Waals surface area contributed by atoms with Crippen molar-refractivity contribution in [3.63, 3.8) is 0 Å². The summed E-state index contributed by atoms with van der Waals surface area (Å²) < 4.78 is 18.1. The number of fused-ring (bicyclic) bond motifs is 2. The lowest BCUT2D eigenvalue weighted by Gasteiger charge is -2.43. The van der Waals surface area contributed by atoms with Crippen LogP contribution in [0.3, 0.4) is 0 Å². The van der Waals surface area contributed by atoms with Crippen molar-refractivity contribution in [1.29, 1.82) is 0 Å². The summed E-state index contributed by atoms with van der Waals surface area (Å²) in [6.07, 6.45) is 0. The molecule has 16 nitrogen and oxygen atoms in total. The van der Waals surface area contributed by atoms with Crippen LogP contribution in [-0.4, -0.2) is 110 Å². The van der Waals surface area contributed by atoms with Crippen molar-refractivity contribution in [3.05, 3.63) is 70.2 Å². The van der Waals surface area contributed by atoms with E-state index in [9.17, 15) is 48.5 Å². The highest BCUT2D eigenvalue weighted by molar-refractivity contribution is 8.02. The largest absolute Gasteiger partial charge is 0.508 e. The number of hydrogen-bond acceptors (Lipinski definition) is 12. The van der Waals surface area contributed by atoms with Crippen molar-refractivity contribution in [2.45, 2.75) is 85.1 Å². The number of carbonyl (C=O) groups is 6. The number of halogens is 2. The molecule has 0 radical (unpaired) electrons. The van der Waals surface area contributed by atoms with Gasteiger partial charge in [-0.05, 0) is 64.4 Å². The average Bonchev–Trinajstić information content (AvgIpc) is 3.70. The highest BCUT2D eigenvalue weighted by Crippen LogP contribution is 2.52. The van der Waals surface area contributed by atoms with E-state index in [1.165, 1.54) is 82.7 Å². The summed E-state index contributed by atoms with van der Waals surface area (Å²) in [7, 11) is 0. The van der Waals surface area contributed by atoms with E-state index in [1.807, 2.05) is 0 Å². The summed E-state index contributed by atoms with van der Waals surface area (Å²) in [6.45, 7) is 8.50. The number of aromatic hydroxyl groups is 1. The monoisotopic (exact) mass is 818 g/mol. The Morgan fingerprint density at radius 3 is 1.91 bits per heavy atom. The van der Waals surface area contributed by atoms with Crippen LogP contribution in [0.15, 0.2) is 47.0 Å². The van der Waals surface area contributed by atoms with Gasteiger partial charge in [0, 0.05) is 9.49 Å². The maximum Gasteiger partial charge on any atom is 0.327 e. The molecule has 0 spiro atoms. The van der Waals surface area contributed by atoms with Gasteiger partial charge < -0.3 is 46.0 Å². The number of aliphatic carboxylic acids is 2. The summed E-state index contributed by atoms with van der Waals surface area (Å²) in [5.41, 5.74) is 6.22. The second-order valence-corrected chi connectivity index (χ2v) is 18.2. The van der Waals surface area contributed by atoms with Gasteiger partial charge in [0.15, 0.2) is 0 Å². The number of carbonyl (C=O) groups excluding carboxylic acids is 4. The van der Waals surface area contributed by atoms with Gasteiger partial charge in [0.05, 0.1) is 10.6 Å². The predicted molar refractivity (Wildman–Crippen MR) is 197 cm³/mol. The third kappa shape index (κ3) is 6.87. The van der Waals surface area contributed by atoms with Crippen LogP contribution in [0.5, 0.6) is 5.75 Å². The van der Waals surface area contributed by atoms with Crippen LogP contribution >= 0.6 is 35.1 Å². The molecule has 5 heterocycles. The normalized spacial score (nSPS) is 26.0. The van der Waals surface area contributed by atoms with Crippen molar-refractivity contribution >= 4 is 70.7 Å². The lowest BCUT2D eigenvalue weighted by molar-refractivity contribution is -0.161. The number of nitrogens with one attached hydrogen (secondary N) is 2. The number of nitrogens with two attached hydrogens (primary N) is 1. The summed E-state index contributed by atoms with van der Waals surface area (Å²) in [5, 5.41) is 36.3. The lowest BCUT2D eigenvalue weighted by atomic mass is 9.95. The number of carboxylic acids is 2. The molecule has 4 amide bonds.